The van der Waals surface area contributed by atoms with Gasteiger partial charge in [-0.2, -0.15) is 0 Å². The van der Waals surface area contributed by atoms with Crippen molar-refractivity contribution in [2.75, 3.05) is 19.7 Å². The molecule has 1 aromatic rings. The fraction of sp³-hybridized carbons (Fsp3) is 0.647. The summed E-state index contributed by atoms with van der Waals surface area (Å²) in [5.74, 6) is 2.92. The number of hydrogen-bond acceptors (Lipinski definition) is 3. The topological polar surface area (TPSA) is 21.7 Å². The first-order chi connectivity index (χ1) is 9.65. The molecule has 3 rings (SSSR count). The third kappa shape index (κ3) is 2.78. The highest BCUT2D eigenvalue weighted by Gasteiger charge is 2.24. The summed E-state index contributed by atoms with van der Waals surface area (Å²) in [4.78, 5) is 2.52. The molecule has 2 unspecified atom stereocenters. The number of hydrogen-bond donors (Lipinski definition) is 0. The van der Waals surface area contributed by atoms with Crippen LogP contribution in [0, 0.1) is 5.92 Å². The maximum absolute atomic E-state index is 5.89. The molecule has 1 saturated heterocycles. The Morgan fingerprint density at radius 1 is 1.35 bits per heavy atom. The molecular weight excluding hydrogens is 250 g/mol. The van der Waals surface area contributed by atoms with Crippen molar-refractivity contribution in [3.05, 3.63) is 23.3 Å². The summed E-state index contributed by atoms with van der Waals surface area (Å²) in [5.41, 5.74) is 2.56. The molecule has 3 nitrogen and oxygen atoms in total. The summed E-state index contributed by atoms with van der Waals surface area (Å²) in [6, 6.07) is 4.39. The van der Waals surface area contributed by atoms with Crippen LogP contribution >= 0.6 is 0 Å². The van der Waals surface area contributed by atoms with Gasteiger partial charge >= 0.3 is 0 Å². The van der Waals surface area contributed by atoms with Crippen molar-refractivity contribution in [1.29, 1.82) is 0 Å². The Hall–Kier alpha value is -1.22. The first kappa shape index (κ1) is 13.7. The van der Waals surface area contributed by atoms with Gasteiger partial charge in [0, 0.05) is 30.6 Å². The molecule has 0 aliphatic carbocycles. The fourth-order valence-corrected chi connectivity index (χ4v) is 3.31. The van der Waals surface area contributed by atoms with E-state index >= 15 is 0 Å². The molecule has 0 bridgehead atoms. The third-order valence-corrected chi connectivity index (χ3v) is 4.28. The van der Waals surface area contributed by atoms with Crippen molar-refractivity contribution < 1.29 is 9.47 Å². The zero-order chi connectivity index (χ0) is 14.1. The summed E-state index contributed by atoms with van der Waals surface area (Å²) in [7, 11) is 0. The largest absolute Gasteiger partial charge is 0.494 e. The van der Waals surface area contributed by atoms with Gasteiger partial charge in [0.25, 0.3) is 0 Å². The molecule has 2 aliphatic rings. The molecule has 110 valence electrons. The average molecular weight is 275 g/mol. The molecule has 2 heterocycles. The van der Waals surface area contributed by atoms with Crippen LogP contribution in [0.2, 0.25) is 0 Å². The van der Waals surface area contributed by atoms with Crippen LogP contribution in [0.5, 0.6) is 11.5 Å². The van der Waals surface area contributed by atoms with E-state index in [1.807, 2.05) is 6.92 Å². The molecular formula is C17H25NO2. The second kappa shape index (κ2) is 5.65. The molecule has 0 amide bonds. The van der Waals surface area contributed by atoms with Crippen molar-refractivity contribution in [2.24, 2.45) is 5.92 Å². The third-order valence-electron chi connectivity index (χ3n) is 4.28. The van der Waals surface area contributed by atoms with E-state index in [0.717, 1.165) is 37.0 Å². The number of ether oxygens (including phenoxy) is 2. The normalized spacial score (nSPS) is 25.6. The molecule has 0 radical (unpaired) electrons. The smallest absolute Gasteiger partial charge is 0.124 e. The van der Waals surface area contributed by atoms with Gasteiger partial charge in [0.15, 0.2) is 0 Å². The minimum absolute atomic E-state index is 0.293. The molecule has 0 N–H and O–H groups in total. The highest BCUT2D eigenvalue weighted by Crippen LogP contribution is 2.36. The predicted molar refractivity (Wildman–Crippen MR) is 80.5 cm³/mol. The lowest BCUT2D eigenvalue weighted by atomic mass is 10.1. The molecule has 20 heavy (non-hydrogen) atoms. The molecule has 0 saturated carbocycles. The SMILES string of the molecule is CCOc1cc2c(cc1CN1CCC(C)C1)OC(C)C2. The van der Waals surface area contributed by atoms with Crippen LogP contribution in [0.25, 0.3) is 0 Å². The molecule has 0 aromatic heterocycles. The van der Waals surface area contributed by atoms with Crippen LogP contribution in [-0.2, 0) is 13.0 Å². The fourth-order valence-electron chi connectivity index (χ4n) is 3.31. The van der Waals surface area contributed by atoms with Crippen LogP contribution in [-0.4, -0.2) is 30.7 Å². The van der Waals surface area contributed by atoms with Gasteiger partial charge in [-0.15, -0.1) is 0 Å². The Morgan fingerprint density at radius 3 is 2.90 bits per heavy atom. The van der Waals surface area contributed by atoms with Crippen LogP contribution in [0.3, 0.4) is 0 Å². The maximum Gasteiger partial charge on any atom is 0.124 e. The molecule has 2 aliphatic heterocycles. The second-order valence-electron chi connectivity index (χ2n) is 6.26. The van der Waals surface area contributed by atoms with E-state index in [9.17, 15) is 0 Å². The minimum atomic E-state index is 0.293. The van der Waals surface area contributed by atoms with Gasteiger partial charge in [-0.3, -0.25) is 4.90 Å². The van der Waals surface area contributed by atoms with Crippen LogP contribution in [0.1, 0.15) is 38.3 Å². The number of nitrogens with zero attached hydrogens (tertiary/aromatic N) is 1. The number of rotatable bonds is 4. The van der Waals surface area contributed by atoms with E-state index in [1.54, 1.807) is 0 Å². The van der Waals surface area contributed by atoms with Gasteiger partial charge in [-0.05, 0) is 44.9 Å². The highest BCUT2D eigenvalue weighted by atomic mass is 16.5. The van der Waals surface area contributed by atoms with E-state index in [1.165, 1.54) is 30.6 Å². The lowest BCUT2D eigenvalue weighted by Gasteiger charge is -2.19. The lowest BCUT2D eigenvalue weighted by Crippen LogP contribution is -2.20. The summed E-state index contributed by atoms with van der Waals surface area (Å²) in [6.45, 7) is 10.6. The zero-order valence-corrected chi connectivity index (χ0v) is 12.8. The van der Waals surface area contributed by atoms with Crippen molar-refractivity contribution in [3.8, 4) is 11.5 Å². The number of likely N-dealkylation sites (tertiary alicyclic amines) is 1. The van der Waals surface area contributed by atoms with Crippen molar-refractivity contribution in [1.82, 2.24) is 4.90 Å². The summed E-state index contributed by atoms with van der Waals surface area (Å²) < 4.78 is 11.7. The standard InChI is InChI=1S/C17H25NO2/c1-4-19-16-8-14-7-13(3)20-17(14)9-15(16)11-18-6-5-12(2)10-18/h8-9,12-13H,4-7,10-11H2,1-3H3. The van der Waals surface area contributed by atoms with Gasteiger partial charge in [-0.1, -0.05) is 6.92 Å². The summed E-state index contributed by atoms with van der Waals surface area (Å²) in [6.07, 6.45) is 2.60. The summed E-state index contributed by atoms with van der Waals surface area (Å²) in [5, 5.41) is 0. The molecule has 3 heteroatoms. The van der Waals surface area contributed by atoms with Crippen LogP contribution in [0.15, 0.2) is 12.1 Å². The molecule has 2 atom stereocenters. The van der Waals surface area contributed by atoms with E-state index in [-0.39, 0.29) is 0 Å². The van der Waals surface area contributed by atoms with Gasteiger partial charge in [-0.25, -0.2) is 0 Å². The van der Waals surface area contributed by atoms with Crippen molar-refractivity contribution in [2.45, 2.75) is 46.3 Å². The number of benzene rings is 1. The van der Waals surface area contributed by atoms with E-state index < -0.39 is 0 Å². The quantitative estimate of drug-likeness (QED) is 0.842. The Morgan fingerprint density at radius 2 is 2.20 bits per heavy atom. The first-order valence-electron chi connectivity index (χ1n) is 7.83. The van der Waals surface area contributed by atoms with Crippen molar-refractivity contribution in [3.63, 3.8) is 0 Å². The Labute approximate surface area is 121 Å². The number of fused-ring (bicyclic) bond motifs is 1. The van der Waals surface area contributed by atoms with Gasteiger partial charge in [0.1, 0.15) is 17.6 Å². The van der Waals surface area contributed by atoms with Gasteiger partial charge < -0.3 is 9.47 Å². The van der Waals surface area contributed by atoms with Crippen LogP contribution < -0.4 is 9.47 Å². The lowest BCUT2D eigenvalue weighted by molar-refractivity contribution is 0.253. The maximum atomic E-state index is 5.89. The second-order valence-corrected chi connectivity index (χ2v) is 6.26. The molecule has 0 spiro atoms. The Kier molecular flexibility index (Phi) is 3.88. The van der Waals surface area contributed by atoms with E-state index in [4.69, 9.17) is 9.47 Å². The van der Waals surface area contributed by atoms with E-state index in [2.05, 4.69) is 30.9 Å². The average Bonchev–Trinajstić information content (AvgIpc) is 2.95. The summed E-state index contributed by atoms with van der Waals surface area (Å²) >= 11 is 0. The molecule has 1 fully saturated rings. The zero-order valence-electron chi connectivity index (χ0n) is 12.8. The van der Waals surface area contributed by atoms with Gasteiger partial charge in [0.05, 0.1) is 6.61 Å². The Balaban J connectivity index is 1.83. The Bertz CT molecular complexity index is 486. The highest BCUT2D eigenvalue weighted by molar-refractivity contribution is 5.48. The van der Waals surface area contributed by atoms with E-state index in [0.29, 0.717) is 6.10 Å². The molecule has 1 aromatic carbocycles. The van der Waals surface area contributed by atoms with Crippen molar-refractivity contribution >= 4 is 0 Å². The van der Waals surface area contributed by atoms with Crippen LogP contribution in [0.4, 0.5) is 0 Å². The first-order valence-corrected chi connectivity index (χ1v) is 7.83. The van der Waals surface area contributed by atoms with Gasteiger partial charge in [0.2, 0.25) is 0 Å². The monoisotopic (exact) mass is 275 g/mol. The predicted octanol–water partition coefficient (Wildman–Crippen LogP) is 3.25. The minimum Gasteiger partial charge on any atom is -0.494 e.